The molecular formula is C12H11F3N4O. The summed E-state index contributed by atoms with van der Waals surface area (Å²) >= 11 is 0. The van der Waals surface area contributed by atoms with Gasteiger partial charge in [-0.1, -0.05) is 13.8 Å². The van der Waals surface area contributed by atoms with Gasteiger partial charge in [-0.05, 0) is 11.8 Å². The number of nitrogens with zero attached hydrogens (tertiary/aromatic N) is 4. The number of hydrogen-bond donors (Lipinski definition) is 0. The summed E-state index contributed by atoms with van der Waals surface area (Å²) in [5.41, 5.74) is 0.456. The van der Waals surface area contributed by atoms with Crippen LogP contribution in [0.3, 0.4) is 0 Å². The third-order valence-corrected chi connectivity index (χ3v) is 3.30. The fourth-order valence-corrected chi connectivity index (χ4v) is 2.45. The summed E-state index contributed by atoms with van der Waals surface area (Å²) in [6.45, 7) is 3.78. The van der Waals surface area contributed by atoms with Crippen LogP contribution in [0.2, 0.25) is 0 Å². The highest BCUT2D eigenvalue weighted by atomic mass is 19.4. The molecule has 8 heteroatoms. The van der Waals surface area contributed by atoms with E-state index >= 15 is 0 Å². The van der Waals surface area contributed by atoms with Crippen LogP contribution in [0.1, 0.15) is 42.1 Å². The molecule has 3 rings (SSSR count). The summed E-state index contributed by atoms with van der Waals surface area (Å²) < 4.78 is 39.0. The summed E-state index contributed by atoms with van der Waals surface area (Å²) in [5.74, 6) is -1.51. The fraction of sp³-hybridized carbons (Fsp3) is 0.500. The zero-order chi connectivity index (χ0) is 14.7. The molecule has 1 aliphatic carbocycles. The van der Waals surface area contributed by atoms with Crippen molar-refractivity contribution in [3.63, 3.8) is 0 Å². The van der Waals surface area contributed by atoms with Crippen molar-refractivity contribution in [3.8, 4) is 0 Å². The van der Waals surface area contributed by atoms with Crippen LogP contribution in [0.15, 0.2) is 6.20 Å². The SMILES string of the molecule is CC1(C)CC(=O)c2cnc3nc(C(F)(F)F)nn3c2C1. The first kappa shape index (κ1) is 13.0. The molecule has 0 radical (unpaired) electrons. The van der Waals surface area contributed by atoms with E-state index in [9.17, 15) is 18.0 Å². The minimum atomic E-state index is -4.63. The number of fused-ring (bicyclic) bond motifs is 3. The lowest BCUT2D eigenvalue weighted by atomic mass is 9.76. The van der Waals surface area contributed by atoms with Gasteiger partial charge in [-0.15, -0.1) is 5.10 Å². The fourth-order valence-electron chi connectivity index (χ4n) is 2.45. The van der Waals surface area contributed by atoms with Crippen molar-refractivity contribution in [2.24, 2.45) is 5.41 Å². The van der Waals surface area contributed by atoms with Crippen LogP contribution in [-0.2, 0) is 12.6 Å². The van der Waals surface area contributed by atoms with Crippen molar-refractivity contribution in [3.05, 3.63) is 23.3 Å². The molecule has 0 atom stereocenters. The summed E-state index contributed by atoms with van der Waals surface area (Å²) in [6.07, 6.45) is -2.55. The molecule has 106 valence electrons. The average molecular weight is 284 g/mol. The van der Waals surface area contributed by atoms with E-state index in [1.54, 1.807) is 0 Å². The van der Waals surface area contributed by atoms with Crippen molar-refractivity contribution in [2.75, 3.05) is 0 Å². The molecule has 0 bridgehead atoms. The van der Waals surface area contributed by atoms with Gasteiger partial charge < -0.3 is 0 Å². The number of halogens is 3. The van der Waals surface area contributed by atoms with Crippen molar-refractivity contribution < 1.29 is 18.0 Å². The van der Waals surface area contributed by atoms with Crippen LogP contribution < -0.4 is 0 Å². The van der Waals surface area contributed by atoms with Crippen LogP contribution in [0.25, 0.3) is 5.78 Å². The molecule has 0 amide bonds. The Morgan fingerprint density at radius 2 is 2.00 bits per heavy atom. The quantitative estimate of drug-likeness (QED) is 0.744. The molecule has 0 spiro atoms. The van der Waals surface area contributed by atoms with Gasteiger partial charge in [-0.2, -0.15) is 18.2 Å². The van der Waals surface area contributed by atoms with E-state index in [4.69, 9.17) is 0 Å². The molecule has 0 N–H and O–H groups in total. The molecule has 5 nitrogen and oxygen atoms in total. The Morgan fingerprint density at radius 3 is 2.65 bits per heavy atom. The van der Waals surface area contributed by atoms with Crippen molar-refractivity contribution in [2.45, 2.75) is 32.9 Å². The van der Waals surface area contributed by atoms with Crippen molar-refractivity contribution in [1.82, 2.24) is 19.6 Å². The highest BCUT2D eigenvalue weighted by Crippen LogP contribution is 2.35. The number of carbonyl (C=O) groups is 1. The molecule has 0 unspecified atom stereocenters. The Balaban J connectivity index is 2.25. The molecule has 0 saturated carbocycles. The van der Waals surface area contributed by atoms with E-state index in [1.807, 2.05) is 13.8 Å². The molecule has 1 aliphatic rings. The van der Waals surface area contributed by atoms with E-state index in [1.165, 1.54) is 6.20 Å². The molecule has 2 heterocycles. The van der Waals surface area contributed by atoms with Gasteiger partial charge in [-0.3, -0.25) is 4.79 Å². The number of hydrogen-bond acceptors (Lipinski definition) is 4. The van der Waals surface area contributed by atoms with Gasteiger partial charge in [0.15, 0.2) is 5.78 Å². The predicted molar refractivity (Wildman–Crippen MR) is 62.2 cm³/mol. The lowest BCUT2D eigenvalue weighted by Crippen LogP contribution is -2.29. The zero-order valence-electron chi connectivity index (χ0n) is 10.8. The highest BCUT2D eigenvalue weighted by molar-refractivity contribution is 5.98. The standard InChI is InChI=1S/C12H11F3N4O/c1-11(2)3-7-6(8(20)4-11)5-16-10-17-9(12(13,14)15)18-19(7)10/h5H,3-4H2,1-2H3. The number of rotatable bonds is 0. The maximum atomic E-state index is 12.7. The van der Waals surface area contributed by atoms with Gasteiger partial charge in [0, 0.05) is 12.6 Å². The van der Waals surface area contributed by atoms with Crippen molar-refractivity contribution in [1.29, 1.82) is 0 Å². The predicted octanol–water partition coefficient (Wildman–Crippen LogP) is 2.30. The minimum absolute atomic E-state index is 0.130. The Bertz CT molecular complexity index is 717. The Kier molecular flexibility index (Phi) is 2.45. The van der Waals surface area contributed by atoms with E-state index in [-0.39, 0.29) is 17.0 Å². The van der Waals surface area contributed by atoms with Gasteiger partial charge in [-0.25, -0.2) is 9.50 Å². The Hall–Kier alpha value is -1.99. The number of aromatic nitrogens is 4. The molecule has 0 aromatic carbocycles. The summed E-state index contributed by atoms with van der Waals surface area (Å²) in [4.78, 5) is 19.2. The number of ketones is 1. The van der Waals surface area contributed by atoms with Gasteiger partial charge in [0.05, 0.1) is 11.3 Å². The average Bonchev–Trinajstić information content (AvgIpc) is 2.71. The first-order chi connectivity index (χ1) is 9.17. The molecule has 2 aromatic heterocycles. The second-order valence-electron chi connectivity index (χ2n) is 5.70. The van der Waals surface area contributed by atoms with Crippen molar-refractivity contribution >= 4 is 11.6 Å². The van der Waals surface area contributed by atoms with Crippen LogP contribution in [-0.4, -0.2) is 25.4 Å². The summed E-state index contributed by atoms with van der Waals surface area (Å²) in [7, 11) is 0. The largest absolute Gasteiger partial charge is 0.453 e. The first-order valence-corrected chi connectivity index (χ1v) is 6.02. The third-order valence-electron chi connectivity index (χ3n) is 3.30. The topological polar surface area (TPSA) is 60.2 Å². The van der Waals surface area contributed by atoms with E-state index < -0.39 is 12.0 Å². The van der Waals surface area contributed by atoms with Gasteiger partial charge in [0.1, 0.15) is 0 Å². The number of Topliss-reactive ketones (excluding diaryl/α,β-unsaturated/α-hetero) is 1. The van der Waals surface area contributed by atoms with Gasteiger partial charge in [0.25, 0.3) is 11.6 Å². The molecule has 2 aromatic rings. The monoisotopic (exact) mass is 284 g/mol. The van der Waals surface area contributed by atoms with Crippen LogP contribution >= 0.6 is 0 Å². The van der Waals surface area contributed by atoms with E-state index in [0.717, 1.165) is 4.52 Å². The molecule has 0 fully saturated rings. The molecule has 20 heavy (non-hydrogen) atoms. The Labute approximate surface area is 111 Å². The van der Waals surface area contributed by atoms with Crippen LogP contribution in [0.4, 0.5) is 13.2 Å². The third kappa shape index (κ3) is 1.95. The highest BCUT2D eigenvalue weighted by Gasteiger charge is 2.38. The molecule has 0 saturated heterocycles. The maximum Gasteiger partial charge on any atom is 0.453 e. The van der Waals surface area contributed by atoms with Crippen LogP contribution in [0, 0.1) is 5.41 Å². The van der Waals surface area contributed by atoms with E-state index in [0.29, 0.717) is 24.1 Å². The minimum Gasteiger partial charge on any atom is -0.294 e. The van der Waals surface area contributed by atoms with Gasteiger partial charge in [0.2, 0.25) is 0 Å². The number of carbonyl (C=O) groups excluding carboxylic acids is 1. The smallest absolute Gasteiger partial charge is 0.294 e. The lowest BCUT2D eigenvalue weighted by molar-refractivity contribution is -0.144. The van der Waals surface area contributed by atoms with Gasteiger partial charge >= 0.3 is 6.18 Å². The second-order valence-corrected chi connectivity index (χ2v) is 5.70. The lowest BCUT2D eigenvalue weighted by Gasteiger charge is -2.29. The molecule has 0 aliphatic heterocycles. The Morgan fingerprint density at radius 1 is 1.30 bits per heavy atom. The van der Waals surface area contributed by atoms with E-state index in [2.05, 4.69) is 15.1 Å². The van der Waals surface area contributed by atoms with Crippen LogP contribution in [0.5, 0.6) is 0 Å². The second kappa shape index (κ2) is 3.77. The maximum absolute atomic E-state index is 12.7. The summed E-state index contributed by atoms with van der Waals surface area (Å²) in [5, 5.41) is 3.46. The number of alkyl halides is 3. The first-order valence-electron chi connectivity index (χ1n) is 6.02. The zero-order valence-corrected chi connectivity index (χ0v) is 10.8. The molecular weight excluding hydrogens is 273 g/mol. The summed E-state index contributed by atoms with van der Waals surface area (Å²) in [6, 6.07) is 0. The normalized spacial score (nSPS) is 18.4.